The first-order valence-corrected chi connectivity index (χ1v) is 5.97. The monoisotopic (exact) mass is 245 g/mol. The number of carboxylic acids is 1. The maximum atomic E-state index is 11.9. The van der Waals surface area contributed by atoms with E-state index in [1.54, 1.807) is 0 Å². The Labute approximate surface area is 102 Å². The first kappa shape index (κ1) is 15.9. The van der Waals surface area contributed by atoms with Gasteiger partial charge < -0.3 is 15.1 Å². The molecule has 0 aliphatic rings. The van der Waals surface area contributed by atoms with Crippen molar-refractivity contribution in [2.24, 2.45) is 5.41 Å². The van der Waals surface area contributed by atoms with Gasteiger partial charge in [0.2, 0.25) is 5.91 Å². The number of hydrogen-bond acceptors (Lipinski definition) is 3. The quantitative estimate of drug-likeness (QED) is 0.671. The summed E-state index contributed by atoms with van der Waals surface area (Å²) in [7, 11) is 0. The molecule has 0 atom stereocenters. The first-order chi connectivity index (χ1) is 7.85. The Morgan fingerprint density at radius 2 is 1.82 bits per heavy atom. The van der Waals surface area contributed by atoms with Crippen LogP contribution in [-0.2, 0) is 9.59 Å². The van der Waals surface area contributed by atoms with E-state index < -0.39 is 11.4 Å². The zero-order valence-electron chi connectivity index (χ0n) is 10.9. The van der Waals surface area contributed by atoms with Gasteiger partial charge in [0.05, 0.1) is 12.0 Å². The Kier molecular flexibility index (Phi) is 6.80. The summed E-state index contributed by atoms with van der Waals surface area (Å²) < 4.78 is 0. The van der Waals surface area contributed by atoms with Crippen molar-refractivity contribution in [3.05, 3.63) is 0 Å². The van der Waals surface area contributed by atoms with Gasteiger partial charge in [-0.3, -0.25) is 9.59 Å². The molecule has 0 aromatic heterocycles. The van der Waals surface area contributed by atoms with E-state index in [1.807, 2.05) is 6.92 Å². The zero-order valence-corrected chi connectivity index (χ0v) is 10.9. The van der Waals surface area contributed by atoms with Crippen molar-refractivity contribution in [3.63, 3.8) is 0 Å². The van der Waals surface area contributed by atoms with Crippen LogP contribution in [0.5, 0.6) is 0 Å². The van der Waals surface area contributed by atoms with Gasteiger partial charge in [0.25, 0.3) is 0 Å². The summed E-state index contributed by atoms with van der Waals surface area (Å²) in [5.74, 6) is -1.19. The van der Waals surface area contributed by atoms with Gasteiger partial charge in [-0.25, -0.2) is 0 Å². The van der Waals surface area contributed by atoms with Crippen LogP contribution >= 0.6 is 0 Å². The summed E-state index contributed by atoms with van der Waals surface area (Å²) in [5, 5.41) is 17.8. The molecule has 0 heterocycles. The minimum atomic E-state index is -1.06. The van der Waals surface area contributed by atoms with Gasteiger partial charge in [0.1, 0.15) is 0 Å². The summed E-state index contributed by atoms with van der Waals surface area (Å²) in [6.45, 7) is 5.83. The SMILES string of the molecule is CCCCN(CCO)C(=O)CC(C)(C)C(=O)O. The van der Waals surface area contributed by atoms with Crippen molar-refractivity contribution < 1.29 is 19.8 Å². The third-order valence-corrected chi connectivity index (χ3v) is 2.68. The van der Waals surface area contributed by atoms with Crippen LogP contribution in [0.25, 0.3) is 0 Å². The number of aliphatic hydroxyl groups excluding tert-OH is 1. The molecule has 0 rings (SSSR count). The molecule has 0 saturated carbocycles. The maximum Gasteiger partial charge on any atom is 0.309 e. The van der Waals surface area contributed by atoms with E-state index in [-0.39, 0.29) is 25.5 Å². The molecule has 0 aliphatic heterocycles. The lowest BCUT2D eigenvalue weighted by Crippen LogP contribution is -2.39. The van der Waals surface area contributed by atoms with Crippen LogP contribution in [0.1, 0.15) is 40.0 Å². The molecule has 17 heavy (non-hydrogen) atoms. The molecule has 0 saturated heterocycles. The highest BCUT2D eigenvalue weighted by molar-refractivity contribution is 5.84. The van der Waals surface area contributed by atoms with Gasteiger partial charge >= 0.3 is 5.97 Å². The summed E-state index contributed by atoms with van der Waals surface area (Å²) in [4.78, 5) is 24.4. The lowest BCUT2D eigenvalue weighted by molar-refractivity contribution is -0.151. The van der Waals surface area contributed by atoms with Crippen molar-refractivity contribution in [2.75, 3.05) is 19.7 Å². The Bertz CT molecular complexity index is 263. The summed E-state index contributed by atoms with van der Waals surface area (Å²) >= 11 is 0. The number of carbonyl (C=O) groups excluding carboxylic acids is 1. The number of nitrogens with zero attached hydrogens (tertiary/aromatic N) is 1. The normalized spacial score (nSPS) is 11.3. The Morgan fingerprint density at radius 1 is 1.24 bits per heavy atom. The minimum absolute atomic E-state index is 0.0357. The number of amides is 1. The minimum Gasteiger partial charge on any atom is -0.481 e. The molecule has 0 fully saturated rings. The summed E-state index contributed by atoms with van der Waals surface area (Å²) in [6.07, 6.45) is 1.78. The third kappa shape index (κ3) is 5.68. The molecule has 0 spiro atoms. The third-order valence-electron chi connectivity index (χ3n) is 2.68. The van der Waals surface area contributed by atoms with E-state index in [0.29, 0.717) is 6.54 Å². The summed E-state index contributed by atoms with van der Waals surface area (Å²) in [5.41, 5.74) is -1.06. The van der Waals surface area contributed by atoms with Crippen LogP contribution in [0.4, 0.5) is 0 Å². The van der Waals surface area contributed by atoms with E-state index in [2.05, 4.69) is 0 Å². The molecule has 5 nitrogen and oxygen atoms in total. The maximum absolute atomic E-state index is 11.9. The van der Waals surface area contributed by atoms with Crippen molar-refractivity contribution in [1.82, 2.24) is 4.90 Å². The molecule has 0 aliphatic carbocycles. The largest absolute Gasteiger partial charge is 0.481 e. The van der Waals surface area contributed by atoms with Crippen LogP contribution in [0.3, 0.4) is 0 Å². The molecule has 0 radical (unpaired) electrons. The smallest absolute Gasteiger partial charge is 0.309 e. The van der Waals surface area contributed by atoms with Crippen LogP contribution in [0.2, 0.25) is 0 Å². The molecule has 0 aromatic carbocycles. The highest BCUT2D eigenvalue weighted by Gasteiger charge is 2.31. The Morgan fingerprint density at radius 3 is 2.24 bits per heavy atom. The highest BCUT2D eigenvalue weighted by Crippen LogP contribution is 2.21. The Hall–Kier alpha value is -1.10. The predicted molar refractivity (Wildman–Crippen MR) is 64.6 cm³/mol. The van der Waals surface area contributed by atoms with Gasteiger partial charge in [0.15, 0.2) is 0 Å². The predicted octanol–water partition coefficient (Wildman–Crippen LogP) is 1.11. The number of aliphatic carboxylic acids is 1. The number of rotatable bonds is 8. The van der Waals surface area contributed by atoms with E-state index in [1.165, 1.54) is 18.7 Å². The second-order valence-electron chi connectivity index (χ2n) is 4.82. The van der Waals surface area contributed by atoms with Crippen molar-refractivity contribution >= 4 is 11.9 Å². The van der Waals surface area contributed by atoms with Gasteiger partial charge in [-0.1, -0.05) is 13.3 Å². The van der Waals surface area contributed by atoms with E-state index in [0.717, 1.165) is 12.8 Å². The average molecular weight is 245 g/mol. The molecule has 100 valence electrons. The number of unbranched alkanes of at least 4 members (excludes halogenated alkanes) is 1. The molecular weight excluding hydrogens is 222 g/mol. The van der Waals surface area contributed by atoms with Crippen molar-refractivity contribution in [2.45, 2.75) is 40.0 Å². The number of aliphatic hydroxyl groups is 1. The lowest BCUT2D eigenvalue weighted by atomic mass is 9.89. The second-order valence-corrected chi connectivity index (χ2v) is 4.82. The van der Waals surface area contributed by atoms with Crippen molar-refractivity contribution in [1.29, 1.82) is 0 Å². The zero-order chi connectivity index (χ0) is 13.5. The fourth-order valence-electron chi connectivity index (χ4n) is 1.40. The highest BCUT2D eigenvalue weighted by atomic mass is 16.4. The number of carbonyl (C=O) groups is 2. The molecule has 5 heteroatoms. The molecule has 2 N–H and O–H groups in total. The van der Waals surface area contributed by atoms with E-state index >= 15 is 0 Å². The van der Waals surface area contributed by atoms with E-state index in [9.17, 15) is 9.59 Å². The van der Waals surface area contributed by atoms with Gasteiger partial charge in [-0.15, -0.1) is 0 Å². The fraction of sp³-hybridized carbons (Fsp3) is 0.833. The van der Waals surface area contributed by atoms with Gasteiger partial charge in [-0.2, -0.15) is 0 Å². The topological polar surface area (TPSA) is 77.8 Å². The number of carboxylic acid groups (broad SMARTS) is 1. The van der Waals surface area contributed by atoms with Crippen LogP contribution in [-0.4, -0.2) is 46.7 Å². The van der Waals surface area contributed by atoms with Gasteiger partial charge in [-0.05, 0) is 20.3 Å². The van der Waals surface area contributed by atoms with E-state index in [4.69, 9.17) is 10.2 Å². The molecule has 0 aromatic rings. The van der Waals surface area contributed by atoms with Crippen LogP contribution in [0, 0.1) is 5.41 Å². The fourth-order valence-corrected chi connectivity index (χ4v) is 1.40. The molecule has 0 unspecified atom stereocenters. The van der Waals surface area contributed by atoms with Crippen LogP contribution in [0.15, 0.2) is 0 Å². The first-order valence-electron chi connectivity index (χ1n) is 5.97. The summed E-state index contributed by atoms with van der Waals surface area (Å²) in [6, 6.07) is 0. The molecule has 0 bridgehead atoms. The number of hydrogen-bond donors (Lipinski definition) is 2. The molecular formula is C12H23NO4. The second kappa shape index (κ2) is 7.27. The lowest BCUT2D eigenvalue weighted by Gasteiger charge is -2.26. The average Bonchev–Trinajstić information content (AvgIpc) is 2.23. The van der Waals surface area contributed by atoms with Crippen LogP contribution < -0.4 is 0 Å². The Balaban J connectivity index is 4.45. The van der Waals surface area contributed by atoms with Gasteiger partial charge in [0, 0.05) is 19.5 Å². The van der Waals surface area contributed by atoms with Crippen molar-refractivity contribution in [3.8, 4) is 0 Å². The standard InChI is InChI=1S/C12H23NO4/c1-4-5-6-13(7-8-14)10(15)9-12(2,3)11(16)17/h14H,4-9H2,1-3H3,(H,16,17). The molecule has 1 amide bonds.